The summed E-state index contributed by atoms with van der Waals surface area (Å²) < 4.78 is 16.9. The standard InChI is InChI=1S/C25H29FN8O/c1-15(2)33-22(35)19-13-29-24(30-18-6-5-16-7-9-27-12-17(16)11-18)32-21(19)34(33)20-8-10-28-23(31-20)25(3,4)14-26/h5-6,8,10-11,13,15,27H,7,9,12,14H2,1-4H3,(H,29,30,32). The number of hydrogen-bond acceptors (Lipinski definition) is 7. The van der Waals surface area contributed by atoms with Crippen LogP contribution in [0.25, 0.3) is 16.9 Å². The highest BCUT2D eigenvalue weighted by atomic mass is 19.1. The van der Waals surface area contributed by atoms with Gasteiger partial charge in [0.1, 0.15) is 17.9 Å². The van der Waals surface area contributed by atoms with Gasteiger partial charge >= 0.3 is 0 Å². The zero-order valence-corrected chi connectivity index (χ0v) is 20.3. The third-order valence-electron chi connectivity index (χ3n) is 6.26. The van der Waals surface area contributed by atoms with Crippen molar-refractivity contribution in [1.29, 1.82) is 0 Å². The molecule has 1 aliphatic rings. The van der Waals surface area contributed by atoms with Crippen LogP contribution < -0.4 is 16.2 Å². The zero-order valence-electron chi connectivity index (χ0n) is 20.3. The van der Waals surface area contributed by atoms with Crippen molar-refractivity contribution in [3.05, 3.63) is 64.0 Å². The van der Waals surface area contributed by atoms with Gasteiger partial charge in [0.2, 0.25) is 5.95 Å². The predicted molar refractivity (Wildman–Crippen MR) is 133 cm³/mol. The molecule has 0 saturated heterocycles. The maximum Gasteiger partial charge on any atom is 0.278 e. The first-order valence-corrected chi connectivity index (χ1v) is 11.8. The fourth-order valence-electron chi connectivity index (χ4n) is 4.29. The van der Waals surface area contributed by atoms with Crippen molar-refractivity contribution >= 4 is 22.7 Å². The monoisotopic (exact) mass is 476 g/mol. The van der Waals surface area contributed by atoms with Gasteiger partial charge in [-0.25, -0.2) is 24.3 Å². The molecule has 182 valence electrons. The van der Waals surface area contributed by atoms with E-state index in [1.54, 1.807) is 35.5 Å². The Morgan fingerprint density at radius 2 is 2.00 bits per heavy atom. The number of fused-ring (bicyclic) bond motifs is 2. The van der Waals surface area contributed by atoms with Gasteiger partial charge in [-0.15, -0.1) is 0 Å². The first kappa shape index (κ1) is 23.1. The number of halogens is 1. The Bertz CT molecular complexity index is 1460. The predicted octanol–water partition coefficient (Wildman–Crippen LogP) is 3.59. The molecule has 0 spiro atoms. The Balaban J connectivity index is 1.62. The topological polar surface area (TPSA) is 103 Å². The molecule has 9 nitrogen and oxygen atoms in total. The number of anilines is 2. The number of nitrogens with zero attached hydrogens (tertiary/aromatic N) is 6. The molecular formula is C25H29FN8O. The van der Waals surface area contributed by atoms with E-state index in [-0.39, 0.29) is 11.6 Å². The molecule has 1 aliphatic heterocycles. The second-order valence-electron chi connectivity index (χ2n) is 9.78. The van der Waals surface area contributed by atoms with Gasteiger partial charge in [-0.3, -0.25) is 9.18 Å². The van der Waals surface area contributed by atoms with Crippen molar-refractivity contribution in [2.45, 2.75) is 52.1 Å². The summed E-state index contributed by atoms with van der Waals surface area (Å²) in [5.41, 5.74) is 2.80. The largest absolute Gasteiger partial charge is 0.324 e. The molecule has 0 fully saturated rings. The van der Waals surface area contributed by atoms with Crippen LogP contribution in [0.3, 0.4) is 0 Å². The average molecular weight is 477 g/mol. The summed E-state index contributed by atoms with van der Waals surface area (Å²) in [7, 11) is 0. The van der Waals surface area contributed by atoms with E-state index in [9.17, 15) is 9.18 Å². The maximum atomic E-state index is 13.6. The van der Waals surface area contributed by atoms with Crippen molar-refractivity contribution in [1.82, 2.24) is 34.6 Å². The van der Waals surface area contributed by atoms with Gasteiger partial charge in [-0.05, 0) is 50.1 Å². The van der Waals surface area contributed by atoms with Crippen LogP contribution in [0, 0.1) is 0 Å². The van der Waals surface area contributed by atoms with Crippen LogP contribution >= 0.6 is 0 Å². The molecule has 4 aromatic rings. The highest BCUT2D eigenvalue weighted by Crippen LogP contribution is 2.25. The smallest absolute Gasteiger partial charge is 0.278 e. The fourth-order valence-corrected chi connectivity index (χ4v) is 4.29. The quantitative estimate of drug-likeness (QED) is 0.438. The Labute approximate surface area is 202 Å². The summed E-state index contributed by atoms with van der Waals surface area (Å²) in [4.78, 5) is 31.3. The Kier molecular flexibility index (Phi) is 5.84. The second-order valence-corrected chi connectivity index (χ2v) is 9.78. The summed E-state index contributed by atoms with van der Waals surface area (Å²) >= 11 is 0. The first-order chi connectivity index (χ1) is 16.8. The van der Waals surface area contributed by atoms with Crippen molar-refractivity contribution < 1.29 is 4.39 Å². The van der Waals surface area contributed by atoms with E-state index in [2.05, 4.69) is 37.7 Å². The van der Waals surface area contributed by atoms with Gasteiger partial charge in [0, 0.05) is 36.7 Å². The SMILES string of the molecule is CC(C)n1c(=O)c2cnc(Nc3ccc4c(c3)CNCC4)nc2n1-c1ccnc(C(C)(C)CF)n1. The molecule has 0 bridgehead atoms. The number of alkyl halides is 1. The van der Waals surface area contributed by atoms with E-state index in [1.165, 1.54) is 17.3 Å². The molecule has 35 heavy (non-hydrogen) atoms. The highest BCUT2D eigenvalue weighted by molar-refractivity contribution is 5.77. The Hall–Kier alpha value is -3.66. The van der Waals surface area contributed by atoms with Crippen molar-refractivity contribution in [2.75, 3.05) is 18.5 Å². The normalized spacial score (nSPS) is 13.9. The molecule has 5 rings (SSSR count). The molecule has 2 N–H and O–H groups in total. The molecule has 0 aliphatic carbocycles. The van der Waals surface area contributed by atoms with Crippen LogP contribution in [-0.2, 0) is 18.4 Å². The van der Waals surface area contributed by atoms with Gasteiger partial charge in [-0.2, -0.15) is 4.98 Å². The van der Waals surface area contributed by atoms with Crippen LogP contribution in [0.1, 0.15) is 50.7 Å². The number of aromatic nitrogens is 6. The molecule has 0 atom stereocenters. The number of nitrogens with one attached hydrogen (secondary N) is 2. The van der Waals surface area contributed by atoms with Crippen molar-refractivity contribution in [3.63, 3.8) is 0 Å². The van der Waals surface area contributed by atoms with Crippen LogP contribution in [-0.4, -0.2) is 42.5 Å². The summed E-state index contributed by atoms with van der Waals surface area (Å²) in [5, 5.41) is 7.03. The second kappa shape index (κ2) is 8.84. The van der Waals surface area contributed by atoms with Crippen LogP contribution in [0.5, 0.6) is 0 Å². The van der Waals surface area contributed by atoms with Gasteiger partial charge < -0.3 is 10.6 Å². The molecule has 0 saturated carbocycles. The Morgan fingerprint density at radius 3 is 2.77 bits per heavy atom. The zero-order chi connectivity index (χ0) is 24.7. The van der Waals surface area contributed by atoms with E-state index < -0.39 is 12.1 Å². The fraction of sp³-hybridized carbons (Fsp3) is 0.400. The van der Waals surface area contributed by atoms with Gasteiger partial charge in [0.15, 0.2) is 11.5 Å². The van der Waals surface area contributed by atoms with E-state index in [0.29, 0.717) is 28.6 Å². The van der Waals surface area contributed by atoms with Crippen LogP contribution in [0.15, 0.2) is 41.5 Å². The molecule has 3 aromatic heterocycles. The third kappa shape index (κ3) is 4.18. The molecule has 0 radical (unpaired) electrons. The molecular weight excluding hydrogens is 447 g/mol. The number of hydrogen-bond donors (Lipinski definition) is 2. The Morgan fingerprint density at radius 1 is 1.17 bits per heavy atom. The number of rotatable bonds is 6. The average Bonchev–Trinajstić information content (AvgIpc) is 3.16. The third-order valence-corrected chi connectivity index (χ3v) is 6.26. The molecule has 1 aromatic carbocycles. The summed E-state index contributed by atoms with van der Waals surface area (Å²) in [6, 6.07) is 7.75. The summed E-state index contributed by atoms with van der Waals surface area (Å²) in [6.45, 7) is 8.52. The van der Waals surface area contributed by atoms with Crippen LogP contribution in [0.2, 0.25) is 0 Å². The lowest BCUT2D eigenvalue weighted by Gasteiger charge is -2.20. The molecule has 10 heteroatoms. The minimum absolute atomic E-state index is 0.172. The van der Waals surface area contributed by atoms with Crippen molar-refractivity contribution in [3.8, 4) is 5.82 Å². The van der Waals surface area contributed by atoms with Crippen LogP contribution in [0.4, 0.5) is 16.0 Å². The maximum absolute atomic E-state index is 13.6. The van der Waals surface area contributed by atoms with E-state index in [1.807, 2.05) is 19.9 Å². The minimum atomic E-state index is -0.856. The van der Waals surface area contributed by atoms with Crippen molar-refractivity contribution in [2.24, 2.45) is 0 Å². The summed E-state index contributed by atoms with van der Waals surface area (Å²) in [6.07, 6.45) is 4.13. The lowest BCUT2D eigenvalue weighted by Crippen LogP contribution is -2.27. The highest BCUT2D eigenvalue weighted by Gasteiger charge is 2.26. The molecule has 0 unspecified atom stereocenters. The molecule has 0 amide bonds. The lowest BCUT2D eigenvalue weighted by atomic mass is 9.94. The first-order valence-electron chi connectivity index (χ1n) is 11.8. The number of benzene rings is 1. The van der Waals surface area contributed by atoms with Gasteiger partial charge in [-0.1, -0.05) is 19.9 Å². The minimum Gasteiger partial charge on any atom is -0.324 e. The molecule has 4 heterocycles. The van der Waals surface area contributed by atoms with Gasteiger partial charge in [0.05, 0.1) is 5.41 Å². The van der Waals surface area contributed by atoms with E-state index >= 15 is 0 Å². The lowest BCUT2D eigenvalue weighted by molar-refractivity contribution is 0.336. The summed E-state index contributed by atoms with van der Waals surface area (Å²) in [5.74, 6) is 1.17. The van der Waals surface area contributed by atoms with E-state index in [4.69, 9.17) is 4.98 Å². The van der Waals surface area contributed by atoms with Gasteiger partial charge in [0.25, 0.3) is 5.56 Å². The van der Waals surface area contributed by atoms with E-state index in [0.717, 1.165) is 25.2 Å².